The van der Waals surface area contributed by atoms with Gasteiger partial charge in [0.2, 0.25) is 0 Å². The maximum atomic E-state index is 9.82. The van der Waals surface area contributed by atoms with E-state index >= 15 is 0 Å². The summed E-state index contributed by atoms with van der Waals surface area (Å²) in [6, 6.07) is 10.3. The van der Waals surface area contributed by atoms with E-state index in [9.17, 15) is 5.11 Å². The molecular weight excluding hydrogens is 306 g/mol. The second kappa shape index (κ2) is 5.45. The lowest BCUT2D eigenvalue weighted by atomic mass is 9.54. The number of fused-ring (bicyclic) bond motifs is 5. The van der Waals surface area contributed by atoms with Crippen LogP contribution < -0.4 is 0 Å². The number of aryl methyl sites for hydroxylation is 1. The predicted molar refractivity (Wildman–Crippen MR) is 100 cm³/mol. The van der Waals surface area contributed by atoms with Gasteiger partial charge in [-0.1, -0.05) is 25.1 Å². The molecule has 0 amide bonds. The fraction of sp³-hybridized carbons (Fsp3) is 0.435. The molecule has 0 saturated heterocycles. The lowest BCUT2D eigenvalue weighted by Gasteiger charge is -2.50. The van der Waals surface area contributed by atoms with Crippen molar-refractivity contribution in [3.63, 3.8) is 0 Å². The summed E-state index contributed by atoms with van der Waals surface area (Å²) >= 11 is 0. The Bertz CT molecular complexity index is 840. The Hall–Kier alpha value is -2.09. The van der Waals surface area contributed by atoms with E-state index in [0.717, 1.165) is 18.3 Å². The molecule has 4 atom stereocenters. The third-order valence-electron chi connectivity index (χ3n) is 7.26. The molecule has 128 valence electrons. The molecule has 1 aromatic heterocycles. The summed E-state index contributed by atoms with van der Waals surface area (Å²) in [6.07, 6.45) is 12.5. The van der Waals surface area contributed by atoms with Crippen molar-refractivity contribution >= 4 is 5.57 Å². The highest BCUT2D eigenvalue weighted by Crippen LogP contribution is 2.63. The number of hydrogen-bond acceptors (Lipinski definition) is 2. The first-order valence-corrected chi connectivity index (χ1v) is 9.59. The van der Waals surface area contributed by atoms with E-state index in [-0.39, 0.29) is 0 Å². The average molecular weight is 331 g/mol. The number of allylic oxidation sites excluding steroid dienone is 2. The van der Waals surface area contributed by atoms with Crippen LogP contribution in [0, 0.1) is 17.3 Å². The molecular formula is C23H25NO. The maximum Gasteiger partial charge on any atom is 0.115 e. The standard InChI is InChI=1S/C23H25NO/c1-23-11-10-19-18-7-5-17(25)13-15(18)4-6-20(19)22(23)9-8-21(23)16-3-2-12-24-14-16/h2-3,5,7-8,12-14,19-20,22,25H,4,6,9-11H2,1H3. The van der Waals surface area contributed by atoms with Gasteiger partial charge < -0.3 is 5.11 Å². The van der Waals surface area contributed by atoms with Crippen LogP contribution in [0.5, 0.6) is 5.75 Å². The second-order valence-corrected chi connectivity index (χ2v) is 8.35. The lowest BCUT2D eigenvalue weighted by Crippen LogP contribution is -2.40. The quantitative estimate of drug-likeness (QED) is 0.765. The topological polar surface area (TPSA) is 33.1 Å². The van der Waals surface area contributed by atoms with Gasteiger partial charge in [-0.2, -0.15) is 0 Å². The third-order valence-corrected chi connectivity index (χ3v) is 7.26. The van der Waals surface area contributed by atoms with Gasteiger partial charge in [0.15, 0.2) is 0 Å². The van der Waals surface area contributed by atoms with Gasteiger partial charge in [0.05, 0.1) is 0 Å². The van der Waals surface area contributed by atoms with Crippen LogP contribution in [0.25, 0.3) is 5.57 Å². The molecule has 0 aliphatic heterocycles. The number of aromatic hydroxyl groups is 1. The normalized spacial score (nSPS) is 33.2. The minimum absolute atomic E-state index is 0.290. The van der Waals surface area contributed by atoms with E-state index in [1.807, 2.05) is 24.5 Å². The van der Waals surface area contributed by atoms with Crippen molar-refractivity contribution in [3.8, 4) is 5.75 Å². The largest absolute Gasteiger partial charge is 0.508 e. The summed E-state index contributed by atoms with van der Waals surface area (Å²) in [5.74, 6) is 2.59. The van der Waals surface area contributed by atoms with Crippen LogP contribution >= 0.6 is 0 Å². The van der Waals surface area contributed by atoms with E-state index in [4.69, 9.17) is 0 Å². The third kappa shape index (κ3) is 2.19. The molecule has 2 heteroatoms. The average Bonchev–Trinajstić information content (AvgIpc) is 2.99. The molecule has 2 nitrogen and oxygen atoms in total. The summed E-state index contributed by atoms with van der Waals surface area (Å²) in [6.45, 7) is 2.49. The molecule has 3 aliphatic rings. The Morgan fingerprint density at radius 3 is 2.96 bits per heavy atom. The van der Waals surface area contributed by atoms with Crippen molar-refractivity contribution < 1.29 is 5.11 Å². The van der Waals surface area contributed by atoms with Gasteiger partial charge in [-0.05, 0) is 95.7 Å². The fourth-order valence-corrected chi connectivity index (χ4v) is 6.11. The first-order chi connectivity index (χ1) is 12.2. The molecule has 1 fully saturated rings. The van der Waals surface area contributed by atoms with Crippen molar-refractivity contribution in [2.75, 3.05) is 0 Å². The molecule has 1 heterocycles. The molecule has 1 N–H and O–H groups in total. The van der Waals surface area contributed by atoms with E-state index in [1.54, 1.807) is 0 Å². The van der Waals surface area contributed by atoms with Crippen LogP contribution in [0.2, 0.25) is 0 Å². The molecule has 0 bridgehead atoms. The van der Waals surface area contributed by atoms with Gasteiger partial charge in [0.1, 0.15) is 5.75 Å². The van der Waals surface area contributed by atoms with E-state index in [1.165, 1.54) is 47.9 Å². The second-order valence-electron chi connectivity index (χ2n) is 8.35. The Morgan fingerprint density at radius 1 is 1.20 bits per heavy atom. The number of phenolic OH excluding ortho intramolecular Hbond substituents is 1. The lowest BCUT2D eigenvalue weighted by molar-refractivity contribution is 0.0885. The van der Waals surface area contributed by atoms with Crippen molar-refractivity contribution in [2.24, 2.45) is 17.3 Å². The summed E-state index contributed by atoms with van der Waals surface area (Å²) in [4.78, 5) is 4.35. The predicted octanol–water partition coefficient (Wildman–Crippen LogP) is 5.34. The Balaban J connectivity index is 1.50. The monoisotopic (exact) mass is 331 g/mol. The van der Waals surface area contributed by atoms with Gasteiger partial charge >= 0.3 is 0 Å². The summed E-state index contributed by atoms with van der Waals surface area (Å²) in [5.41, 5.74) is 6.01. The SMILES string of the molecule is CC12CCC3c4ccc(O)cc4CCC3C1CC=C2c1cccnc1. The highest BCUT2D eigenvalue weighted by molar-refractivity contribution is 5.72. The van der Waals surface area contributed by atoms with Crippen molar-refractivity contribution in [1.82, 2.24) is 4.98 Å². The molecule has 1 saturated carbocycles. The molecule has 3 aliphatic carbocycles. The maximum absolute atomic E-state index is 9.82. The van der Waals surface area contributed by atoms with Crippen molar-refractivity contribution in [3.05, 3.63) is 65.5 Å². The smallest absolute Gasteiger partial charge is 0.115 e. The number of nitrogens with zero attached hydrogens (tertiary/aromatic N) is 1. The molecule has 4 unspecified atom stereocenters. The number of hydrogen-bond donors (Lipinski definition) is 1. The summed E-state index contributed by atoms with van der Waals surface area (Å²) in [5, 5.41) is 9.82. The van der Waals surface area contributed by atoms with Gasteiger partial charge in [-0.3, -0.25) is 4.98 Å². The molecule has 2 aromatic rings. The Morgan fingerprint density at radius 2 is 2.12 bits per heavy atom. The van der Waals surface area contributed by atoms with E-state index in [2.05, 4.69) is 36.2 Å². The minimum atomic E-state index is 0.290. The zero-order chi connectivity index (χ0) is 17.0. The van der Waals surface area contributed by atoms with E-state index in [0.29, 0.717) is 17.1 Å². The first kappa shape index (κ1) is 15.2. The van der Waals surface area contributed by atoms with Gasteiger partial charge in [0, 0.05) is 12.4 Å². The zero-order valence-corrected chi connectivity index (χ0v) is 14.8. The molecule has 0 radical (unpaired) electrons. The van der Waals surface area contributed by atoms with E-state index < -0.39 is 0 Å². The van der Waals surface area contributed by atoms with Crippen molar-refractivity contribution in [2.45, 2.75) is 44.9 Å². The number of pyridine rings is 1. The molecule has 25 heavy (non-hydrogen) atoms. The minimum Gasteiger partial charge on any atom is -0.508 e. The zero-order valence-electron chi connectivity index (χ0n) is 14.8. The van der Waals surface area contributed by atoms with Gasteiger partial charge in [0.25, 0.3) is 0 Å². The molecule has 5 rings (SSSR count). The fourth-order valence-electron chi connectivity index (χ4n) is 6.11. The Kier molecular flexibility index (Phi) is 3.31. The van der Waals surface area contributed by atoms with Crippen LogP contribution in [-0.4, -0.2) is 10.1 Å². The Labute approximate surface area is 149 Å². The first-order valence-electron chi connectivity index (χ1n) is 9.59. The summed E-state index contributed by atoms with van der Waals surface area (Å²) in [7, 11) is 0. The molecule has 1 aromatic carbocycles. The number of benzene rings is 1. The highest BCUT2D eigenvalue weighted by Gasteiger charge is 2.51. The summed E-state index contributed by atoms with van der Waals surface area (Å²) < 4.78 is 0. The van der Waals surface area contributed by atoms with Gasteiger partial charge in [-0.25, -0.2) is 0 Å². The van der Waals surface area contributed by atoms with Crippen molar-refractivity contribution in [1.29, 1.82) is 0 Å². The van der Waals surface area contributed by atoms with Crippen LogP contribution in [-0.2, 0) is 6.42 Å². The van der Waals surface area contributed by atoms with Crippen LogP contribution in [0.4, 0.5) is 0 Å². The van der Waals surface area contributed by atoms with Crippen LogP contribution in [0.3, 0.4) is 0 Å². The van der Waals surface area contributed by atoms with Gasteiger partial charge in [-0.15, -0.1) is 0 Å². The van der Waals surface area contributed by atoms with Crippen LogP contribution in [0.1, 0.15) is 55.2 Å². The van der Waals surface area contributed by atoms with Crippen LogP contribution in [0.15, 0.2) is 48.8 Å². The number of rotatable bonds is 1. The highest BCUT2D eigenvalue weighted by atomic mass is 16.3. The number of aromatic nitrogens is 1. The number of phenols is 1. The molecule has 0 spiro atoms.